The summed E-state index contributed by atoms with van der Waals surface area (Å²) in [5, 5.41) is 7.37. The van der Waals surface area contributed by atoms with Crippen molar-refractivity contribution in [2.45, 2.75) is 19.0 Å². The first-order chi connectivity index (χ1) is 8.43. The minimum Gasteiger partial charge on any atom is -0.493 e. The number of rotatable bonds is 3. The molecule has 0 saturated heterocycles. The first kappa shape index (κ1) is 10.4. The molecule has 1 aromatic heterocycles. The Bertz CT molecular complexity index is 482. The van der Waals surface area contributed by atoms with Crippen LogP contribution in [0.2, 0.25) is 0 Å². The minimum absolute atomic E-state index is 0.330. The van der Waals surface area contributed by atoms with Gasteiger partial charge in [0.2, 0.25) is 0 Å². The average Bonchev–Trinajstić information content (AvgIpc) is 2.89. The first-order valence-corrected chi connectivity index (χ1v) is 5.78. The Morgan fingerprint density at radius 1 is 1.29 bits per heavy atom. The molecule has 88 valence electrons. The average molecular weight is 230 g/mol. The third-order valence-corrected chi connectivity index (χ3v) is 2.98. The Morgan fingerprint density at radius 3 is 3.12 bits per heavy atom. The molecule has 3 rings (SSSR count). The summed E-state index contributed by atoms with van der Waals surface area (Å²) in [5.74, 6) is 0.983. The van der Waals surface area contributed by atoms with Gasteiger partial charge in [0.25, 0.3) is 0 Å². The predicted molar refractivity (Wildman–Crippen MR) is 62.6 cm³/mol. The number of ether oxygens (including phenoxy) is 1. The van der Waals surface area contributed by atoms with Crippen molar-refractivity contribution in [1.82, 2.24) is 10.5 Å². The number of fused-ring (bicyclic) bond motifs is 1. The second-order valence-electron chi connectivity index (χ2n) is 4.10. The molecule has 4 heteroatoms. The number of hydrogen-bond acceptors (Lipinski definition) is 4. The van der Waals surface area contributed by atoms with Gasteiger partial charge in [0.15, 0.2) is 0 Å². The molecule has 1 aliphatic heterocycles. The van der Waals surface area contributed by atoms with Crippen LogP contribution in [0.3, 0.4) is 0 Å². The number of nitrogens with zero attached hydrogens (tertiary/aromatic N) is 1. The summed E-state index contributed by atoms with van der Waals surface area (Å²) < 4.78 is 10.4. The van der Waals surface area contributed by atoms with E-state index >= 15 is 0 Å². The van der Waals surface area contributed by atoms with E-state index in [1.54, 1.807) is 6.26 Å². The third-order valence-electron chi connectivity index (χ3n) is 2.98. The minimum atomic E-state index is 0.330. The fraction of sp³-hybridized carbons (Fsp3) is 0.308. The van der Waals surface area contributed by atoms with E-state index in [4.69, 9.17) is 9.26 Å². The molecule has 0 spiro atoms. The predicted octanol–water partition coefficient (Wildman–Crippen LogP) is 2.29. The second kappa shape index (κ2) is 4.59. The molecule has 1 N–H and O–H groups in total. The molecule has 1 atom stereocenters. The van der Waals surface area contributed by atoms with Gasteiger partial charge in [-0.25, -0.2) is 0 Å². The maximum atomic E-state index is 5.62. The van der Waals surface area contributed by atoms with Crippen LogP contribution in [0.4, 0.5) is 0 Å². The van der Waals surface area contributed by atoms with E-state index in [-0.39, 0.29) is 0 Å². The van der Waals surface area contributed by atoms with Crippen molar-refractivity contribution < 1.29 is 9.26 Å². The summed E-state index contributed by atoms with van der Waals surface area (Å²) in [4.78, 5) is 0. The molecule has 0 aliphatic carbocycles. The Kier molecular flexibility index (Phi) is 2.80. The van der Waals surface area contributed by atoms with Crippen molar-refractivity contribution in [2.24, 2.45) is 0 Å². The highest BCUT2D eigenvalue weighted by Crippen LogP contribution is 2.31. The van der Waals surface area contributed by atoms with Crippen LogP contribution in [-0.4, -0.2) is 11.8 Å². The van der Waals surface area contributed by atoms with Gasteiger partial charge in [-0.05, 0) is 6.07 Å². The summed E-state index contributed by atoms with van der Waals surface area (Å²) in [6.45, 7) is 1.48. The number of aromatic nitrogens is 1. The molecule has 0 bridgehead atoms. The fourth-order valence-electron chi connectivity index (χ4n) is 2.11. The molecule has 0 fully saturated rings. The molecule has 2 aromatic rings. The molecule has 4 nitrogen and oxygen atoms in total. The quantitative estimate of drug-likeness (QED) is 0.878. The third kappa shape index (κ3) is 2.17. The summed E-state index contributed by atoms with van der Waals surface area (Å²) in [6.07, 6.45) is 2.57. The van der Waals surface area contributed by atoms with Crippen LogP contribution < -0.4 is 10.1 Å². The van der Waals surface area contributed by atoms with Gasteiger partial charge in [0.05, 0.1) is 12.3 Å². The van der Waals surface area contributed by atoms with E-state index < -0.39 is 0 Å². The smallest absolute Gasteiger partial charge is 0.124 e. The number of hydrogen-bond donors (Lipinski definition) is 1. The number of benzene rings is 1. The van der Waals surface area contributed by atoms with E-state index in [2.05, 4.69) is 16.5 Å². The monoisotopic (exact) mass is 230 g/mol. The molecule has 1 aliphatic rings. The van der Waals surface area contributed by atoms with Crippen LogP contribution in [0.25, 0.3) is 0 Å². The van der Waals surface area contributed by atoms with Crippen LogP contribution >= 0.6 is 0 Å². The molecule has 1 aromatic carbocycles. The van der Waals surface area contributed by atoms with E-state index in [0.717, 1.165) is 31.0 Å². The van der Waals surface area contributed by atoms with Crippen molar-refractivity contribution in [3.63, 3.8) is 0 Å². The Morgan fingerprint density at radius 2 is 2.24 bits per heavy atom. The molecular weight excluding hydrogens is 216 g/mol. The van der Waals surface area contributed by atoms with Gasteiger partial charge in [0, 0.05) is 30.6 Å². The van der Waals surface area contributed by atoms with E-state index in [0.29, 0.717) is 6.04 Å². The van der Waals surface area contributed by atoms with Gasteiger partial charge in [-0.3, -0.25) is 0 Å². The van der Waals surface area contributed by atoms with Crippen LogP contribution in [0.1, 0.15) is 23.7 Å². The summed E-state index contributed by atoms with van der Waals surface area (Å²) >= 11 is 0. The summed E-state index contributed by atoms with van der Waals surface area (Å²) in [6, 6.07) is 10.4. The maximum absolute atomic E-state index is 5.62. The number of nitrogens with one attached hydrogen (secondary N) is 1. The van der Waals surface area contributed by atoms with Crippen LogP contribution in [0.15, 0.2) is 41.1 Å². The highest BCUT2D eigenvalue weighted by Gasteiger charge is 2.20. The highest BCUT2D eigenvalue weighted by molar-refractivity contribution is 5.37. The van der Waals surface area contributed by atoms with Gasteiger partial charge < -0.3 is 14.6 Å². The van der Waals surface area contributed by atoms with E-state index in [9.17, 15) is 0 Å². The van der Waals surface area contributed by atoms with Gasteiger partial charge in [-0.15, -0.1) is 0 Å². The highest BCUT2D eigenvalue weighted by atomic mass is 16.5. The largest absolute Gasteiger partial charge is 0.493 e. The lowest BCUT2D eigenvalue weighted by atomic mass is 10.0. The van der Waals surface area contributed by atoms with Crippen molar-refractivity contribution in [3.05, 3.63) is 47.9 Å². The normalized spacial score (nSPS) is 18.5. The molecule has 1 unspecified atom stereocenters. The SMILES string of the molecule is c1ccc2c(c1)OCCC2NCc1ccon1. The summed E-state index contributed by atoms with van der Waals surface area (Å²) in [7, 11) is 0. The Labute approximate surface area is 99.6 Å². The lowest BCUT2D eigenvalue weighted by molar-refractivity contribution is 0.251. The zero-order chi connectivity index (χ0) is 11.5. The van der Waals surface area contributed by atoms with Crippen molar-refractivity contribution in [2.75, 3.05) is 6.61 Å². The molecular formula is C13H14N2O2. The second-order valence-corrected chi connectivity index (χ2v) is 4.10. The summed E-state index contributed by atoms with van der Waals surface area (Å²) in [5.41, 5.74) is 2.15. The van der Waals surface area contributed by atoms with Gasteiger partial charge >= 0.3 is 0 Å². The molecule has 0 amide bonds. The maximum Gasteiger partial charge on any atom is 0.124 e. The van der Waals surface area contributed by atoms with Gasteiger partial charge in [-0.2, -0.15) is 0 Å². The first-order valence-electron chi connectivity index (χ1n) is 5.78. The van der Waals surface area contributed by atoms with Crippen molar-refractivity contribution in [3.8, 4) is 5.75 Å². The molecule has 0 saturated carbocycles. The molecule has 0 radical (unpaired) electrons. The Balaban J connectivity index is 1.72. The van der Waals surface area contributed by atoms with Crippen LogP contribution in [0.5, 0.6) is 5.75 Å². The molecule has 2 heterocycles. The van der Waals surface area contributed by atoms with Crippen molar-refractivity contribution in [1.29, 1.82) is 0 Å². The van der Waals surface area contributed by atoms with Crippen LogP contribution in [0, 0.1) is 0 Å². The Hall–Kier alpha value is -1.81. The lowest BCUT2D eigenvalue weighted by Gasteiger charge is -2.26. The fourth-order valence-corrected chi connectivity index (χ4v) is 2.11. The zero-order valence-corrected chi connectivity index (χ0v) is 9.43. The topological polar surface area (TPSA) is 47.3 Å². The van der Waals surface area contributed by atoms with E-state index in [1.807, 2.05) is 24.3 Å². The molecule has 17 heavy (non-hydrogen) atoms. The van der Waals surface area contributed by atoms with Gasteiger partial charge in [0.1, 0.15) is 12.0 Å². The number of para-hydroxylation sites is 1. The van der Waals surface area contributed by atoms with Gasteiger partial charge in [-0.1, -0.05) is 23.4 Å². The van der Waals surface area contributed by atoms with Crippen molar-refractivity contribution >= 4 is 0 Å². The standard InChI is InChI=1S/C13H14N2O2/c1-2-4-13-11(3-1)12(6-7-16-13)14-9-10-5-8-17-15-10/h1-5,8,12,14H,6-7,9H2. The van der Waals surface area contributed by atoms with E-state index in [1.165, 1.54) is 5.56 Å². The van der Waals surface area contributed by atoms with Crippen LogP contribution in [-0.2, 0) is 6.54 Å². The lowest BCUT2D eigenvalue weighted by Crippen LogP contribution is -2.26. The zero-order valence-electron chi connectivity index (χ0n) is 9.43.